The lowest BCUT2D eigenvalue weighted by atomic mass is 9.66. The number of carbonyl (C=O) groups excluding carboxylic acids is 1. The van der Waals surface area contributed by atoms with Crippen molar-refractivity contribution in [1.29, 1.82) is 0 Å². The quantitative estimate of drug-likeness (QED) is 0.733. The van der Waals surface area contributed by atoms with Gasteiger partial charge in [-0.05, 0) is 49.6 Å². The normalized spacial score (nSPS) is 26.0. The molecule has 31 heavy (non-hydrogen) atoms. The topological polar surface area (TPSA) is 71.0 Å². The van der Waals surface area contributed by atoms with Gasteiger partial charge in [0.25, 0.3) is 0 Å². The van der Waals surface area contributed by atoms with Crippen molar-refractivity contribution in [2.45, 2.75) is 43.7 Å². The molecule has 1 saturated carbocycles. The zero-order valence-corrected chi connectivity index (χ0v) is 18.3. The maximum absolute atomic E-state index is 12.9. The number of hydrogen-bond donors (Lipinski definition) is 2. The zero-order valence-electron chi connectivity index (χ0n) is 18.3. The molecule has 1 heterocycles. The van der Waals surface area contributed by atoms with Gasteiger partial charge < -0.3 is 19.9 Å². The molecule has 0 aromatic heterocycles. The van der Waals surface area contributed by atoms with Crippen LogP contribution in [0.1, 0.15) is 43.7 Å². The Kier molecular flexibility index (Phi) is 6.49. The van der Waals surface area contributed by atoms with Crippen LogP contribution in [0.3, 0.4) is 0 Å². The Labute approximate surface area is 184 Å². The van der Waals surface area contributed by atoms with E-state index in [0.717, 1.165) is 48.4 Å². The van der Waals surface area contributed by atoms with Gasteiger partial charge in [0.2, 0.25) is 5.91 Å². The summed E-state index contributed by atoms with van der Waals surface area (Å²) >= 11 is 0. The molecule has 0 spiro atoms. The average Bonchev–Trinajstić information content (AvgIpc) is 2.79. The molecule has 1 aliphatic carbocycles. The molecule has 6 nitrogen and oxygen atoms in total. The smallest absolute Gasteiger partial charge is 0.238 e. The van der Waals surface area contributed by atoms with Crippen molar-refractivity contribution in [3.63, 3.8) is 0 Å². The molecule has 0 radical (unpaired) electrons. The van der Waals surface area contributed by atoms with Crippen LogP contribution in [0.5, 0.6) is 11.5 Å². The molecule has 0 unspecified atom stereocenters. The average molecular weight is 425 g/mol. The van der Waals surface area contributed by atoms with Crippen molar-refractivity contribution in [3.8, 4) is 11.5 Å². The van der Waals surface area contributed by atoms with Gasteiger partial charge in [0.05, 0.1) is 26.4 Å². The second kappa shape index (κ2) is 9.28. The van der Waals surface area contributed by atoms with E-state index in [2.05, 4.69) is 10.2 Å². The highest BCUT2D eigenvalue weighted by Gasteiger charge is 2.49. The maximum Gasteiger partial charge on any atom is 0.238 e. The fourth-order valence-electron chi connectivity index (χ4n) is 5.31. The van der Waals surface area contributed by atoms with Crippen molar-refractivity contribution in [2.24, 2.45) is 5.92 Å². The van der Waals surface area contributed by atoms with Crippen LogP contribution in [0.4, 0.5) is 5.69 Å². The lowest BCUT2D eigenvalue weighted by Gasteiger charge is -2.52. The highest BCUT2D eigenvalue weighted by Crippen LogP contribution is 2.51. The number of likely N-dealkylation sites (tertiary alicyclic amines) is 1. The Morgan fingerprint density at radius 2 is 1.94 bits per heavy atom. The van der Waals surface area contributed by atoms with Crippen LogP contribution in [0.2, 0.25) is 0 Å². The van der Waals surface area contributed by atoms with Gasteiger partial charge in [0, 0.05) is 29.8 Å². The largest absolute Gasteiger partial charge is 0.497 e. The summed E-state index contributed by atoms with van der Waals surface area (Å²) in [5.41, 5.74) is 1.05. The molecule has 6 heteroatoms. The van der Waals surface area contributed by atoms with Crippen LogP contribution in [0.25, 0.3) is 0 Å². The van der Waals surface area contributed by atoms with Gasteiger partial charge >= 0.3 is 0 Å². The summed E-state index contributed by atoms with van der Waals surface area (Å²) in [7, 11) is 3.31. The van der Waals surface area contributed by atoms with E-state index in [1.807, 2.05) is 48.5 Å². The number of benzene rings is 2. The number of anilines is 1. The Bertz CT molecular complexity index is 904. The first kappa shape index (κ1) is 21.7. The first-order valence-corrected chi connectivity index (χ1v) is 11.1. The molecule has 2 fully saturated rings. The molecule has 1 saturated heterocycles. The van der Waals surface area contributed by atoms with Crippen LogP contribution in [-0.2, 0) is 4.79 Å². The summed E-state index contributed by atoms with van der Waals surface area (Å²) in [4.78, 5) is 15.1. The van der Waals surface area contributed by atoms with Crippen molar-refractivity contribution in [2.75, 3.05) is 32.6 Å². The van der Waals surface area contributed by atoms with Crippen molar-refractivity contribution in [3.05, 3.63) is 54.1 Å². The minimum absolute atomic E-state index is 0.0422. The summed E-state index contributed by atoms with van der Waals surface area (Å²) in [5.74, 6) is 1.49. The van der Waals surface area contributed by atoms with E-state index in [9.17, 15) is 9.90 Å². The summed E-state index contributed by atoms with van der Waals surface area (Å²) in [6.07, 6.45) is 4.55. The highest BCUT2D eigenvalue weighted by molar-refractivity contribution is 5.92. The number of ether oxygens (including phenoxy) is 2. The van der Waals surface area contributed by atoms with Crippen molar-refractivity contribution < 1.29 is 19.4 Å². The number of aliphatic hydroxyl groups is 1. The van der Waals surface area contributed by atoms with E-state index in [1.54, 1.807) is 14.2 Å². The number of para-hydroxylation sites is 1. The Morgan fingerprint density at radius 3 is 2.68 bits per heavy atom. The number of hydrogen-bond acceptors (Lipinski definition) is 5. The van der Waals surface area contributed by atoms with Crippen LogP contribution >= 0.6 is 0 Å². The molecule has 0 bridgehead atoms. The van der Waals surface area contributed by atoms with E-state index in [4.69, 9.17) is 9.47 Å². The van der Waals surface area contributed by atoms with Gasteiger partial charge in [0.15, 0.2) is 0 Å². The van der Waals surface area contributed by atoms with Gasteiger partial charge in [-0.3, -0.25) is 9.69 Å². The minimum atomic E-state index is -0.705. The third-order valence-corrected chi connectivity index (χ3v) is 6.83. The van der Waals surface area contributed by atoms with E-state index >= 15 is 0 Å². The molecule has 1 aliphatic heterocycles. The Balaban J connectivity index is 1.66. The molecule has 1 amide bonds. The molecule has 4 rings (SSSR count). The number of carbonyl (C=O) groups is 1. The van der Waals surface area contributed by atoms with Gasteiger partial charge in [0.1, 0.15) is 11.5 Å². The molecular formula is C25H32N2O4. The molecule has 3 atom stereocenters. The predicted molar refractivity (Wildman–Crippen MR) is 120 cm³/mol. The van der Waals surface area contributed by atoms with E-state index in [0.29, 0.717) is 13.0 Å². The van der Waals surface area contributed by atoms with E-state index in [-0.39, 0.29) is 24.4 Å². The molecule has 2 N–H and O–H groups in total. The lowest BCUT2D eigenvalue weighted by Crippen LogP contribution is -2.56. The first-order valence-electron chi connectivity index (χ1n) is 11.1. The predicted octanol–water partition coefficient (Wildman–Crippen LogP) is 4.01. The number of nitrogens with zero attached hydrogens (tertiary/aromatic N) is 1. The van der Waals surface area contributed by atoms with Crippen LogP contribution in [0, 0.1) is 5.92 Å². The third kappa shape index (κ3) is 4.55. The molecule has 166 valence electrons. The van der Waals surface area contributed by atoms with E-state index < -0.39 is 5.60 Å². The SMILES string of the molecule is COc1ccc(OC)c([C@H]2[C@H]3CCCC[C@@]3(O)CCN2CC(=O)Nc2ccccc2)c1. The Hall–Kier alpha value is -2.57. The van der Waals surface area contributed by atoms with Crippen LogP contribution in [0.15, 0.2) is 48.5 Å². The summed E-state index contributed by atoms with van der Waals surface area (Å²) in [5, 5.41) is 14.5. The number of piperidine rings is 1. The van der Waals surface area contributed by atoms with Crippen LogP contribution < -0.4 is 14.8 Å². The summed E-state index contributed by atoms with van der Waals surface area (Å²) < 4.78 is 11.2. The van der Waals surface area contributed by atoms with Gasteiger partial charge in [-0.1, -0.05) is 31.0 Å². The number of methoxy groups -OCH3 is 2. The molecular weight excluding hydrogens is 392 g/mol. The minimum Gasteiger partial charge on any atom is -0.497 e. The first-order chi connectivity index (χ1) is 15.0. The standard InChI is InChI=1S/C25H32N2O4/c1-30-19-11-12-22(31-2)20(16-19)24-21-10-6-7-13-25(21,29)14-15-27(24)17-23(28)26-18-8-4-3-5-9-18/h3-5,8-9,11-12,16,21,24,29H,6-7,10,13-15,17H2,1-2H3,(H,26,28)/t21-,24+,25-/m1/s1. The van der Waals surface area contributed by atoms with Crippen molar-refractivity contribution in [1.82, 2.24) is 4.90 Å². The van der Waals surface area contributed by atoms with Crippen molar-refractivity contribution >= 4 is 11.6 Å². The van der Waals surface area contributed by atoms with Crippen LogP contribution in [-0.4, -0.2) is 48.8 Å². The number of rotatable bonds is 6. The fourth-order valence-corrected chi connectivity index (χ4v) is 5.31. The van der Waals surface area contributed by atoms with E-state index in [1.165, 1.54) is 0 Å². The molecule has 2 aliphatic rings. The number of fused-ring (bicyclic) bond motifs is 1. The zero-order chi connectivity index (χ0) is 21.8. The van der Waals surface area contributed by atoms with Gasteiger partial charge in [-0.25, -0.2) is 0 Å². The molecule has 2 aromatic rings. The van der Waals surface area contributed by atoms with Gasteiger partial charge in [-0.15, -0.1) is 0 Å². The highest BCUT2D eigenvalue weighted by atomic mass is 16.5. The second-order valence-corrected chi connectivity index (χ2v) is 8.64. The maximum atomic E-state index is 12.9. The number of amides is 1. The van der Waals surface area contributed by atoms with Gasteiger partial charge in [-0.2, -0.15) is 0 Å². The fraction of sp³-hybridized carbons (Fsp3) is 0.480. The summed E-state index contributed by atoms with van der Waals surface area (Å²) in [6, 6.07) is 15.2. The monoisotopic (exact) mass is 424 g/mol. The summed E-state index contributed by atoms with van der Waals surface area (Å²) in [6.45, 7) is 0.909. The number of nitrogens with one attached hydrogen (secondary N) is 1. The Morgan fingerprint density at radius 1 is 1.13 bits per heavy atom. The second-order valence-electron chi connectivity index (χ2n) is 8.64. The third-order valence-electron chi connectivity index (χ3n) is 6.83. The molecule has 2 aromatic carbocycles. The lowest BCUT2D eigenvalue weighted by molar-refractivity contribution is -0.135.